The number of halogens is 6. The molecule has 2 fully saturated rings. The van der Waals surface area contributed by atoms with Gasteiger partial charge in [-0.15, -0.1) is 0 Å². The molecule has 0 aliphatic carbocycles. The van der Waals surface area contributed by atoms with Crippen molar-refractivity contribution in [2.75, 3.05) is 26.2 Å². The summed E-state index contributed by atoms with van der Waals surface area (Å²) >= 11 is 0. The predicted octanol–water partition coefficient (Wildman–Crippen LogP) is 3.01. The Morgan fingerprint density at radius 2 is 1.45 bits per heavy atom. The van der Waals surface area contributed by atoms with Gasteiger partial charge in [-0.1, -0.05) is 6.07 Å². The number of aryl methyl sites for hydroxylation is 1. The molecule has 44 heavy (non-hydrogen) atoms. The monoisotopic (exact) mass is 637 g/mol. The molecule has 2 aromatic heterocycles. The third kappa shape index (κ3) is 8.45. The molecule has 1 unspecified atom stereocenters. The second-order valence-electron chi connectivity index (χ2n) is 10.1. The molecule has 2 aromatic rings. The number of aromatic nitrogens is 3. The average Bonchev–Trinajstić information content (AvgIpc) is 3.66. The molecule has 0 aromatic carbocycles. The highest BCUT2D eigenvalue weighted by Gasteiger charge is 2.48. The molecule has 0 bridgehead atoms. The molecule has 18 heteroatoms. The van der Waals surface area contributed by atoms with Crippen LogP contribution in [0.1, 0.15) is 47.7 Å². The van der Waals surface area contributed by atoms with Gasteiger partial charge in [0, 0.05) is 57.1 Å². The third-order valence-electron chi connectivity index (χ3n) is 7.00. The van der Waals surface area contributed by atoms with Gasteiger partial charge in [0.15, 0.2) is 6.10 Å². The van der Waals surface area contributed by atoms with Crippen LogP contribution in [0.2, 0.25) is 0 Å². The van der Waals surface area contributed by atoms with Gasteiger partial charge in [-0.2, -0.15) is 26.3 Å². The van der Waals surface area contributed by atoms with Crippen molar-refractivity contribution >= 4 is 23.8 Å². The third-order valence-corrected chi connectivity index (χ3v) is 7.00. The van der Waals surface area contributed by atoms with E-state index in [0.717, 1.165) is 37.4 Å². The predicted molar refractivity (Wildman–Crippen MR) is 136 cm³/mol. The number of likely N-dealkylation sites (tertiary alicyclic amines) is 2. The van der Waals surface area contributed by atoms with E-state index in [1.54, 1.807) is 12.3 Å². The SMILES string of the molecule is Cc1cccc(C(=O)N2CCC3(CC2)OC(C(=O)N2CCCC2)Cn2ccnc23)n1.O=C(O)C(F)(F)F.O=C(O)C(F)(F)F. The maximum Gasteiger partial charge on any atom is 0.490 e. The van der Waals surface area contributed by atoms with E-state index in [4.69, 9.17) is 24.5 Å². The largest absolute Gasteiger partial charge is 0.490 e. The quantitative estimate of drug-likeness (QED) is 0.473. The Kier molecular flexibility index (Phi) is 10.6. The van der Waals surface area contributed by atoms with Gasteiger partial charge in [0.25, 0.3) is 11.8 Å². The van der Waals surface area contributed by atoms with Crippen molar-refractivity contribution in [3.8, 4) is 0 Å². The number of nitrogens with zero attached hydrogens (tertiary/aromatic N) is 5. The first-order valence-corrected chi connectivity index (χ1v) is 13.3. The van der Waals surface area contributed by atoms with Crippen LogP contribution in [0.4, 0.5) is 26.3 Å². The second kappa shape index (κ2) is 13.6. The Morgan fingerprint density at radius 3 is 1.95 bits per heavy atom. The van der Waals surface area contributed by atoms with Crippen LogP contribution in [-0.2, 0) is 31.3 Å². The molecule has 5 heterocycles. The Bertz CT molecular complexity index is 1330. The minimum absolute atomic E-state index is 0.0580. The molecule has 3 aliphatic heterocycles. The highest BCUT2D eigenvalue weighted by molar-refractivity contribution is 5.92. The van der Waals surface area contributed by atoms with Crippen molar-refractivity contribution in [1.82, 2.24) is 24.3 Å². The number of hydrogen-bond acceptors (Lipinski definition) is 7. The highest BCUT2D eigenvalue weighted by Crippen LogP contribution is 2.40. The van der Waals surface area contributed by atoms with Crippen LogP contribution >= 0.6 is 0 Å². The molecule has 5 rings (SSSR count). The summed E-state index contributed by atoms with van der Waals surface area (Å²) in [7, 11) is 0. The van der Waals surface area contributed by atoms with Gasteiger partial charge in [0.1, 0.15) is 17.1 Å². The summed E-state index contributed by atoms with van der Waals surface area (Å²) in [5, 5.41) is 14.2. The lowest BCUT2D eigenvalue weighted by Gasteiger charge is -2.46. The number of aliphatic carboxylic acids is 2. The van der Waals surface area contributed by atoms with E-state index in [1.165, 1.54) is 0 Å². The van der Waals surface area contributed by atoms with E-state index in [2.05, 4.69) is 14.5 Å². The van der Waals surface area contributed by atoms with E-state index in [1.807, 2.05) is 35.1 Å². The van der Waals surface area contributed by atoms with Crippen molar-refractivity contribution in [1.29, 1.82) is 0 Å². The summed E-state index contributed by atoms with van der Waals surface area (Å²) in [4.78, 5) is 56.4. The van der Waals surface area contributed by atoms with Crippen molar-refractivity contribution in [3.63, 3.8) is 0 Å². The topological polar surface area (TPSA) is 155 Å². The minimum atomic E-state index is -5.08. The van der Waals surface area contributed by atoms with E-state index in [0.29, 0.717) is 38.2 Å². The fourth-order valence-corrected chi connectivity index (χ4v) is 4.90. The van der Waals surface area contributed by atoms with Crippen LogP contribution in [-0.4, -0.2) is 103 Å². The van der Waals surface area contributed by atoms with Crippen molar-refractivity contribution in [3.05, 3.63) is 47.8 Å². The molecule has 2 N–H and O–H groups in total. The summed E-state index contributed by atoms with van der Waals surface area (Å²) in [5.74, 6) is -4.63. The Hall–Kier alpha value is -4.22. The number of amides is 2. The van der Waals surface area contributed by atoms with Gasteiger partial charge in [0.2, 0.25) is 0 Å². The van der Waals surface area contributed by atoms with Crippen LogP contribution in [0.25, 0.3) is 0 Å². The molecule has 2 amide bonds. The number of imidazole rings is 1. The van der Waals surface area contributed by atoms with Crippen LogP contribution in [0, 0.1) is 6.92 Å². The van der Waals surface area contributed by atoms with Crippen molar-refractivity contribution < 1.29 is 60.5 Å². The van der Waals surface area contributed by atoms with Crippen LogP contribution in [0.5, 0.6) is 0 Å². The normalized spacial score (nSPS) is 19.2. The van der Waals surface area contributed by atoms with Gasteiger partial charge in [-0.05, 0) is 31.9 Å². The minimum Gasteiger partial charge on any atom is -0.475 e. The first-order valence-electron chi connectivity index (χ1n) is 13.3. The van der Waals surface area contributed by atoms with Gasteiger partial charge in [0.05, 0.1) is 6.54 Å². The lowest BCUT2D eigenvalue weighted by atomic mass is 9.88. The molecule has 242 valence electrons. The number of carboxylic acids is 2. The molecular weight excluding hydrogens is 608 g/mol. The number of hydrogen-bond donors (Lipinski definition) is 2. The number of rotatable bonds is 2. The zero-order valence-corrected chi connectivity index (χ0v) is 23.3. The first kappa shape index (κ1) is 34.3. The van der Waals surface area contributed by atoms with E-state index in [9.17, 15) is 35.9 Å². The molecule has 1 spiro atoms. The summed E-state index contributed by atoms with van der Waals surface area (Å²) in [6.45, 7) is 5.11. The molecule has 12 nitrogen and oxygen atoms in total. The van der Waals surface area contributed by atoms with Gasteiger partial charge < -0.3 is 29.3 Å². The Morgan fingerprint density at radius 1 is 0.909 bits per heavy atom. The number of pyridine rings is 1. The lowest BCUT2D eigenvalue weighted by Crippen LogP contribution is -2.55. The number of fused-ring (bicyclic) bond motifs is 2. The van der Waals surface area contributed by atoms with Crippen molar-refractivity contribution in [2.24, 2.45) is 0 Å². The number of carbonyl (C=O) groups is 4. The van der Waals surface area contributed by atoms with Crippen molar-refractivity contribution in [2.45, 2.75) is 63.2 Å². The van der Waals surface area contributed by atoms with Gasteiger partial charge in [-0.3, -0.25) is 9.59 Å². The van der Waals surface area contributed by atoms with Crippen LogP contribution < -0.4 is 0 Å². The van der Waals surface area contributed by atoms with E-state index < -0.39 is 36.0 Å². The molecule has 0 radical (unpaired) electrons. The lowest BCUT2D eigenvalue weighted by molar-refractivity contribution is -0.193. The fraction of sp³-hybridized carbons (Fsp3) is 0.538. The first-order chi connectivity index (χ1) is 20.4. The molecule has 0 saturated carbocycles. The van der Waals surface area contributed by atoms with E-state index >= 15 is 0 Å². The molecule has 2 saturated heterocycles. The number of carboxylic acid groups (broad SMARTS) is 2. The summed E-state index contributed by atoms with van der Waals surface area (Å²) in [5.41, 5.74) is 0.674. The van der Waals surface area contributed by atoms with Gasteiger partial charge >= 0.3 is 24.3 Å². The number of carbonyl (C=O) groups excluding carboxylic acids is 2. The van der Waals surface area contributed by atoms with E-state index in [-0.39, 0.29) is 11.8 Å². The zero-order chi connectivity index (χ0) is 32.9. The smallest absolute Gasteiger partial charge is 0.475 e. The molecule has 1 atom stereocenters. The number of alkyl halides is 6. The summed E-state index contributed by atoms with van der Waals surface area (Å²) < 4.78 is 72.0. The maximum absolute atomic E-state index is 13.0. The second-order valence-corrected chi connectivity index (χ2v) is 10.1. The van der Waals surface area contributed by atoms with Gasteiger partial charge in [-0.25, -0.2) is 19.6 Å². The summed E-state index contributed by atoms with van der Waals surface area (Å²) in [6.07, 6.45) is -3.61. The maximum atomic E-state index is 13.0. The zero-order valence-electron chi connectivity index (χ0n) is 23.3. The Balaban J connectivity index is 0.000000317. The molecule has 3 aliphatic rings. The number of piperidine rings is 1. The van der Waals surface area contributed by atoms with Crippen LogP contribution in [0.15, 0.2) is 30.6 Å². The summed E-state index contributed by atoms with van der Waals surface area (Å²) in [6, 6.07) is 5.50. The molecular formula is C26H29F6N5O7. The fourth-order valence-electron chi connectivity index (χ4n) is 4.90. The van der Waals surface area contributed by atoms with Crippen LogP contribution in [0.3, 0.4) is 0 Å². The Labute approximate surface area is 246 Å². The standard InChI is InChI=1S/C22H27N5O3.2C2HF3O2/c1-16-5-4-6-17(24-16)19(28)26-12-7-22(8-13-26)21-23-9-14-27(21)15-18(30-22)20(29)25-10-2-3-11-25;2*3-2(4,5)1(6)7/h4-6,9,14,18H,2-3,7-8,10-13,15H2,1H3;2*(H,6,7). The number of ether oxygens (including phenoxy) is 1. The highest BCUT2D eigenvalue weighted by atomic mass is 19.4. The average molecular weight is 638 g/mol.